The van der Waals surface area contributed by atoms with Crippen molar-refractivity contribution in [1.29, 1.82) is 0 Å². The third-order valence-electron chi connectivity index (χ3n) is 11.3. The molecule has 4 aromatic rings. The number of carboxylic acid groups (broad SMARTS) is 2. The van der Waals surface area contributed by atoms with Crippen molar-refractivity contribution in [2.45, 2.75) is 99.7 Å². The Balaban J connectivity index is 1.46. The van der Waals surface area contributed by atoms with E-state index in [0.717, 1.165) is 33.9 Å². The summed E-state index contributed by atoms with van der Waals surface area (Å²) in [6, 6.07) is 16.7. The summed E-state index contributed by atoms with van der Waals surface area (Å²) in [4.78, 5) is 24.1. The van der Waals surface area contributed by atoms with Crippen LogP contribution in [0.3, 0.4) is 0 Å². The van der Waals surface area contributed by atoms with Crippen LogP contribution in [0.25, 0.3) is 21.5 Å². The topological polar surface area (TPSA) is 192 Å². The number of carboxylic acids is 2. The molecule has 0 unspecified atom stereocenters. The van der Waals surface area contributed by atoms with Gasteiger partial charge in [0.1, 0.15) is 21.6 Å². The Morgan fingerprint density at radius 3 is 1.91 bits per heavy atom. The van der Waals surface area contributed by atoms with E-state index in [-0.39, 0.29) is 22.6 Å². The molecule has 57 heavy (non-hydrogen) atoms. The zero-order valence-corrected chi connectivity index (χ0v) is 34.1. The highest BCUT2D eigenvalue weighted by Gasteiger charge is 2.46. The summed E-state index contributed by atoms with van der Waals surface area (Å²) in [6.45, 7) is 9.38. The van der Waals surface area contributed by atoms with Crippen LogP contribution in [0.4, 0.5) is 11.4 Å². The Bertz CT molecular complexity index is 2600. The Morgan fingerprint density at radius 1 is 0.719 bits per heavy atom. The maximum Gasteiger partial charge on any atom is 0.303 e. The Morgan fingerprint density at radius 2 is 1.30 bits per heavy atom. The van der Waals surface area contributed by atoms with E-state index in [1.165, 1.54) is 12.1 Å². The normalized spacial score (nSPS) is 16.9. The van der Waals surface area contributed by atoms with Crippen LogP contribution in [0.2, 0.25) is 0 Å². The second kappa shape index (κ2) is 15.8. The standard InChI is InChI=1S/C43H48N2O10S2/c1-42(2)36(44(26-9-5-7-20-38(46)47)32-24-22-28-30(40(32)42)14-11-16-34(28)56(50,51)52)18-13-19-37-43(3,4)41-31-15-12-17-35(57(53,54)55)29(31)23-25-33(41)45(37)27-10-6-8-21-39(48)49/h11-19,22-25H,5-10,20-21,26-27H2,1-4H3,(H3-,46,47,48,49,50,51,52,53,54,55). The molecular formula is C43H48N2O10S2. The van der Waals surface area contributed by atoms with Crippen molar-refractivity contribution in [3.05, 3.63) is 95.7 Å². The molecule has 0 atom stereocenters. The number of aliphatic carboxylic acids is 2. The minimum atomic E-state index is -4.75. The van der Waals surface area contributed by atoms with Gasteiger partial charge in [-0.15, -0.1) is 0 Å². The van der Waals surface area contributed by atoms with E-state index in [4.69, 9.17) is 0 Å². The lowest BCUT2D eigenvalue weighted by Crippen LogP contribution is -2.28. The Hall–Kier alpha value is -4.89. The first-order valence-corrected chi connectivity index (χ1v) is 21.9. The van der Waals surface area contributed by atoms with E-state index in [1.54, 1.807) is 24.3 Å². The second-order valence-corrected chi connectivity index (χ2v) is 18.5. The maximum atomic E-state index is 12.4. The largest absolute Gasteiger partial charge is 0.744 e. The predicted octanol–water partition coefficient (Wildman–Crippen LogP) is 8.05. The molecule has 0 radical (unpaired) electrons. The molecule has 0 spiro atoms. The predicted molar refractivity (Wildman–Crippen MR) is 218 cm³/mol. The number of unbranched alkanes of at least 4 members (excludes halogenated alkanes) is 4. The molecule has 2 aliphatic heterocycles. The van der Waals surface area contributed by atoms with Gasteiger partial charge >= 0.3 is 11.9 Å². The van der Waals surface area contributed by atoms with Gasteiger partial charge in [-0.05, 0) is 91.6 Å². The Kier molecular flexibility index (Phi) is 11.6. The summed E-state index contributed by atoms with van der Waals surface area (Å²) in [5.41, 5.74) is 4.09. The fraction of sp³-hybridized carbons (Fsp3) is 0.372. The summed E-state index contributed by atoms with van der Waals surface area (Å²) in [6.07, 6.45) is 10.0. The molecule has 0 fully saturated rings. The summed E-state index contributed by atoms with van der Waals surface area (Å²) in [7, 11) is -9.26. The van der Waals surface area contributed by atoms with Crippen molar-refractivity contribution in [3.63, 3.8) is 0 Å². The number of nitrogens with zero attached hydrogens (tertiary/aromatic N) is 2. The quantitative estimate of drug-likeness (QED) is 0.0563. The zero-order chi connectivity index (χ0) is 41.5. The number of allylic oxidation sites excluding steroid dienone is 4. The molecule has 0 aliphatic carbocycles. The molecular weight excluding hydrogens is 769 g/mol. The number of benzene rings is 4. The summed E-state index contributed by atoms with van der Waals surface area (Å²) >= 11 is 0. The molecule has 0 aromatic heterocycles. The van der Waals surface area contributed by atoms with E-state index in [0.29, 0.717) is 73.2 Å². The van der Waals surface area contributed by atoms with Gasteiger partial charge in [0.2, 0.25) is 5.69 Å². The maximum absolute atomic E-state index is 12.4. The average Bonchev–Trinajstić information content (AvgIpc) is 3.48. The Labute approximate surface area is 333 Å². The van der Waals surface area contributed by atoms with Crippen LogP contribution in [0.1, 0.15) is 90.2 Å². The first kappa shape index (κ1) is 41.7. The van der Waals surface area contributed by atoms with Gasteiger partial charge in [0.25, 0.3) is 10.1 Å². The molecule has 14 heteroatoms. The number of fused-ring (bicyclic) bond motifs is 6. The van der Waals surface area contributed by atoms with Crippen molar-refractivity contribution < 1.29 is 50.3 Å². The molecule has 2 heterocycles. The molecule has 6 rings (SSSR count). The van der Waals surface area contributed by atoms with Crippen molar-refractivity contribution >= 4 is 70.8 Å². The molecule has 302 valence electrons. The van der Waals surface area contributed by atoms with Crippen molar-refractivity contribution in [3.8, 4) is 0 Å². The summed E-state index contributed by atoms with van der Waals surface area (Å²) < 4.78 is 73.9. The van der Waals surface area contributed by atoms with Crippen molar-refractivity contribution in [2.24, 2.45) is 0 Å². The van der Waals surface area contributed by atoms with Crippen LogP contribution in [-0.4, -0.2) is 71.5 Å². The van der Waals surface area contributed by atoms with E-state index < -0.39 is 43.0 Å². The highest BCUT2D eigenvalue weighted by Crippen LogP contribution is 2.52. The minimum absolute atomic E-state index is 0.0733. The van der Waals surface area contributed by atoms with Crippen LogP contribution in [0.15, 0.2) is 94.4 Å². The van der Waals surface area contributed by atoms with E-state index in [2.05, 4.69) is 37.2 Å². The number of anilines is 1. The first-order valence-electron chi connectivity index (χ1n) is 19.1. The smallest absolute Gasteiger partial charge is 0.303 e. The molecule has 2 aliphatic rings. The number of carbonyl (C=O) groups is 2. The molecule has 3 N–H and O–H groups in total. The average molecular weight is 817 g/mol. The number of hydrogen-bond donors (Lipinski definition) is 3. The summed E-state index contributed by atoms with van der Waals surface area (Å²) in [5.74, 6) is -1.69. The lowest BCUT2D eigenvalue weighted by molar-refractivity contribution is -0.438. The minimum Gasteiger partial charge on any atom is -0.744 e. The van der Waals surface area contributed by atoms with Crippen LogP contribution in [-0.2, 0) is 40.7 Å². The molecule has 4 aromatic carbocycles. The van der Waals surface area contributed by atoms with Crippen LogP contribution in [0, 0.1) is 0 Å². The lowest BCUT2D eigenvalue weighted by atomic mass is 9.79. The number of rotatable bonds is 16. The molecule has 0 bridgehead atoms. The van der Waals surface area contributed by atoms with Crippen molar-refractivity contribution in [2.75, 3.05) is 18.0 Å². The van der Waals surface area contributed by atoms with Gasteiger partial charge in [-0.3, -0.25) is 14.1 Å². The highest BCUT2D eigenvalue weighted by molar-refractivity contribution is 7.86. The SMILES string of the molecule is CC1(C)C(/C=C/C=C2\N(CCCCCC(=O)O)c3ccc4c(S(=O)(=O)O)cccc4c3C2(C)C)=[N+](CCCCCC(=O)O)c2ccc3c(S(=O)(=O)[O-])cccc3c21. The first-order chi connectivity index (χ1) is 26.8. The third kappa shape index (κ3) is 8.13. The molecule has 0 saturated carbocycles. The molecule has 0 amide bonds. The van der Waals surface area contributed by atoms with Gasteiger partial charge in [-0.2, -0.15) is 13.0 Å². The second-order valence-electron chi connectivity index (χ2n) is 15.8. The molecule has 0 saturated heterocycles. The zero-order valence-electron chi connectivity index (χ0n) is 32.5. The summed E-state index contributed by atoms with van der Waals surface area (Å²) in [5, 5.41) is 20.5. The van der Waals surface area contributed by atoms with Gasteiger partial charge in [0.05, 0.1) is 10.3 Å². The fourth-order valence-corrected chi connectivity index (χ4v) is 10.2. The van der Waals surface area contributed by atoms with E-state index in [9.17, 15) is 45.7 Å². The monoisotopic (exact) mass is 816 g/mol. The molecule has 12 nitrogen and oxygen atoms in total. The van der Waals surface area contributed by atoms with Crippen LogP contribution < -0.4 is 4.90 Å². The van der Waals surface area contributed by atoms with Gasteiger partial charge in [0.15, 0.2) is 5.71 Å². The fourth-order valence-electron chi connectivity index (χ4n) is 8.79. The van der Waals surface area contributed by atoms with Crippen LogP contribution >= 0.6 is 0 Å². The van der Waals surface area contributed by atoms with Gasteiger partial charge in [-0.25, -0.2) is 8.42 Å². The third-order valence-corrected chi connectivity index (χ3v) is 13.1. The van der Waals surface area contributed by atoms with E-state index in [1.807, 2.05) is 42.5 Å². The van der Waals surface area contributed by atoms with Gasteiger partial charge in [0, 0.05) is 65.7 Å². The number of hydrogen-bond acceptors (Lipinski definition) is 8. The lowest BCUT2D eigenvalue weighted by Gasteiger charge is -2.27. The van der Waals surface area contributed by atoms with Crippen LogP contribution in [0.5, 0.6) is 0 Å². The van der Waals surface area contributed by atoms with E-state index >= 15 is 0 Å². The van der Waals surface area contributed by atoms with Gasteiger partial charge < -0.3 is 19.7 Å². The highest BCUT2D eigenvalue weighted by atomic mass is 32.2. The van der Waals surface area contributed by atoms with Gasteiger partial charge in [-0.1, -0.05) is 56.7 Å². The van der Waals surface area contributed by atoms with Crippen molar-refractivity contribution in [1.82, 2.24) is 0 Å².